The van der Waals surface area contributed by atoms with Crippen LogP contribution in [0, 0.1) is 17.1 Å². The molecule has 8 nitrogen and oxygen atoms in total. The van der Waals surface area contributed by atoms with Gasteiger partial charge in [-0.1, -0.05) is 0 Å². The Bertz CT molecular complexity index is 1140. The molecule has 178 valence electrons. The van der Waals surface area contributed by atoms with Crippen molar-refractivity contribution < 1.29 is 41.4 Å². The zero-order chi connectivity index (χ0) is 25.0. The topological polar surface area (TPSA) is 109 Å². The van der Waals surface area contributed by atoms with Gasteiger partial charge in [0.1, 0.15) is 11.9 Å². The van der Waals surface area contributed by atoms with Crippen molar-refractivity contribution in [2.45, 2.75) is 25.3 Å². The fourth-order valence-electron chi connectivity index (χ4n) is 3.24. The summed E-state index contributed by atoms with van der Waals surface area (Å²) in [5, 5.41) is 11.1. The first-order chi connectivity index (χ1) is 16.0. The van der Waals surface area contributed by atoms with E-state index < -0.39 is 47.5 Å². The van der Waals surface area contributed by atoms with Crippen molar-refractivity contribution in [3.63, 3.8) is 0 Å². The van der Waals surface area contributed by atoms with Crippen molar-refractivity contribution >= 4 is 29.2 Å². The van der Waals surface area contributed by atoms with Crippen molar-refractivity contribution in [2.75, 3.05) is 23.4 Å². The number of rotatable bonds is 5. The van der Waals surface area contributed by atoms with Crippen LogP contribution in [0.15, 0.2) is 42.5 Å². The molecule has 2 atom stereocenters. The van der Waals surface area contributed by atoms with Crippen molar-refractivity contribution in [1.82, 2.24) is 0 Å². The van der Waals surface area contributed by atoms with Crippen molar-refractivity contribution in [2.24, 2.45) is 0 Å². The highest BCUT2D eigenvalue weighted by molar-refractivity contribution is 6.04. The van der Waals surface area contributed by atoms with Gasteiger partial charge in [-0.2, -0.15) is 18.4 Å². The number of amides is 2. The quantitative estimate of drug-likeness (QED) is 0.522. The second-order valence-electron chi connectivity index (χ2n) is 7.15. The molecule has 2 aromatic rings. The first-order valence-corrected chi connectivity index (χ1v) is 9.79. The van der Waals surface area contributed by atoms with Gasteiger partial charge in [0.2, 0.25) is 6.10 Å². The first kappa shape index (κ1) is 24.7. The van der Waals surface area contributed by atoms with Crippen LogP contribution >= 0.6 is 0 Å². The molecular formula is C22H17F4N3O5. The Morgan fingerprint density at radius 1 is 1.24 bits per heavy atom. The summed E-state index contributed by atoms with van der Waals surface area (Å²) in [5.41, 5.74) is -1.10. The predicted molar refractivity (Wildman–Crippen MR) is 109 cm³/mol. The van der Waals surface area contributed by atoms with Gasteiger partial charge in [0, 0.05) is 24.8 Å². The van der Waals surface area contributed by atoms with Gasteiger partial charge in [0.15, 0.2) is 6.10 Å². The summed E-state index contributed by atoms with van der Waals surface area (Å²) in [4.78, 5) is 38.5. The molecule has 2 unspecified atom stereocenters. The number of ether oxygens (including phenoxy) is 2. The Morgan fingerprint density at radius 2 is 1.91 bits per heavy atom. The predicted octanol–water partition coefficient (Wildman–Crippen LogP) is 3.02. The summed E-state index contributed by atoms with van der Waals surface area (Å²) >= 11 is 0. The molecule has 1 aliphatic rings. The van der Waals surface area contributed by atoms with E-state index in [2.05, 4.69) is 5.32 Å². The summed E-state index contributed by atoms with van der Waals surface area (Å²) < 4.78 is 62.7. The number of nitrogens with zero attached hydrogens (tertiary/aromatic N) is 2. The number of esters is 1. The van der Waals surface area contributed by atoms with Crippen LogP contribution in [0.1, 0.15) is 18.1 Å². The third-order valence-electron chi connectivity index (χ3n) is 4.81. The largest absolute Gasteiger partial charge is 0.449 e. The number of anilines is 2. The number of hydrogen-bond acceptors (Lipinski definition) is 6. The average Bonchev–Trinajstić information content (AvgIpc) is 2.77. The molecule has 0 bridgehead atoms. The molecule has 1 heterocycles. The molecule has 2 amide bonds. The average molecular weight is 479 g/mol. The van der Waals surface area contributed by atoms with Gasteiger partial charge in [-0.05, 0) is 42.5 Å². The lowest BCUT2D eigenvalue weighted by atomic mass is 10.1. The summed E-state index contributed by atoms with van der Waals surface area (Å²) in [5.74, 6) is -3.64. The van der Waals surface area contributed by atoms with E-state index in [9.17, 15) is 31.9 Å². The highest BCUT2D eigenvalue weighted by Crippen LogP contribution is 2.31. The number of halogens is 4. The van der Waals surface area contributed by atoms with Gasteiger partial charge in [-0.3, -0.25) is 14.4 Å². The molecule has 0 spiro atoms. The van der Waals surface area contributed by atoms with Crippen LogP contribution in [0.3, 0.4) is 0 Å². The van der Waals surface area contributed by atoms with Crippen molar-refractivity contribution in [3.8, 4) is 6.07 Å². The third kappa shape index (κ3) is 5.49. The highest BCUT2D eigenvalue weighted by atomic mass is 19.4. The Kier molecular flexibility index (Phi) is 7.17. The fraction of sp³-hybridized carbons (Fsp3) is 0.273. The maximum Gasteiger partial charge on any atom is 0.416 e. The molecule has 1 saturated heterocycles. The molecule has 0 aliphatic carbocycles. The lowest BCUT2D eigenvalue weighted by Crippen LogP contribution is -2.56. The smallest absolute Gasteiger partial charge is 0.416 e. The van der Waals surface area contributed by atoms with Gasteiger partial charge < -0.3 is 19.7 Å². The van der Waals surface area contributed by atoms with Gasteiger partial charge in [-0.15, -0.1) is 0 Å². The standard InChI is InChI=1S/C22H17F4N3O5/c1-12(30)34-18(20(31)28-15-5-2-13(11-27)17(23)10-15)19-21(32)29(8-9-33-19)16-6-3-14(4-7-16)22(24,25)26/h2-7,10,18-19H,8-9H2,1H3,(H,28,31). The number of alkyl halides is 3. The summed E-state index contributed by atoms with van der Waals surface area (Å²) in [7, 11) is 0. The van der Waals surface area contributed by atoms with E-state index in [1.165, 1.54) is 6.07 Å². The molecule has 0 radical (unpaired) electrons. The van der Waals surface area contributed by atoms with Gasteiger partial charge in [-0.25, -0.2) is 4.39 Å². The fourth-order valence-corrected chi connectivity index (χ4v) is 3.24. The van der Waals surface area contributed by atoms with Gasteiger partial charge in [0.05, 0.1) is 17.7 Å². The highest BCUT2D eigenvalue weighted by Gasteiger charge is 2.43. The molecule has 12 heteroatoms. The monoisotopic (exact) mass is 479 g/mol. The molecule has 3 rings (SSSR count). The molecular weight excluding hydrogens is 462 g/mol. The van der Waals surface area contributed by atoms with Crippen molar-refractivity contribution in [1.29, 1.82) is 5.26 Å². The number of carbonyl (C=O) groups is 3. The number of benzene rings is 2. The van der Waals surface area contributed by atoms with E-state index in [-0.39, 0.29) is 30.1 Å². The number of carbonyl (C=O) groups excluding carboxylic acids is 3. The van der Waals surface area contributed by atoms with E-state index in [0.29, 0.717) is 0 Å². The van der Waals surface area contributed by atoms with Crippen LogP contribution < -0.4 is 10.2 Å². The summed E-state index contributed by atoms with van der Waals surface area (Å²) in [6.07, 6.45) is -7.94. The van der Waals surface area contributed by atoms with E-state index in [4.69, 9.17) is 14.7 Å². The van der Waals surface area contributed by atoms with E-state index in [0.717, 1.165) is 48.2 Å². The maximum atomic E-state index is 13.9. The SMILES string of the molecule is CC(=O)OC(C(=O)Nc1ccc(C#N)c(F)c1)C1OCCN(c2ccc(C(F)(F)F)cc2)C1=O. The van der Waals surface area contributed by atoms with Crippen LogP contribution in [-0.2, 0) is 30.0 Å². The molecule has 0 saturated carbocycles. The molecule has 0 aromatic heterocycles. The van der Waals surface area contributed by atoms with Crippen molar-refractivity contribution in [3.05, 3.63) is 59.4 Å². The second-order valence-corrected chi connectivity index (χ2v) is 7.15. The minimum absolute atomic E-state index is 0.0179. The Labute approximate surface area is 190 Å². The number of morpholine rings is 1. The van der Waals surface area contributed by atoms with Crippen LogP contribution in [0.25, 0.3) is 0 Å². The molecule has 1 N–H and O–H groups in total. The summed E-state index contributed by atoms with van der Waals surface area (Å²) in [6.45, 7) is 0.881. The number of nitrogens with one attached hydrogen (secondary N) is 1. The summed E-state index contributed by atoms with van der Waals surface area (Å²) in [6, 6.07) is 8.68. The van der Waals surface area contributed by atoms with Crippen LogP contribution in [0.4, 0.5) is 28.9 Å². The number of nitriles is 1. The van der Waals surface area contributed by atoms with E-state index in [1.807, 2.05) is 0 Å². The zero-order valence-electron chi connectivity index (χ0n) is 17.6. The second kappa shape index (κ2) is 9.88. The Balaban J connectivity index is 1.83. The van der Waals surface area contributed by atoms with Gasteiger partial charge >= 0.3 is 12.1 Å². The van der Waals surface area contributed by atoms with Crippen LogP contribution in [0.2, 0.25) is 0 Å². The lowest BCUT2D eigenvalue weighted by molar-refractivity contribution is -0.167. The van der Waals surface area contributed by atoms with E-state index in [1.54, 1.807) is 6.07 Å². The Morgan fingerprint density at radius 3 is 2.47 bits per heavy atom. The van der Waals surface area contributed by atoms with Gasteiger partial charge in [0.25, 0.3) is 11.8 Å². The minimum Gasteiger partial charge on any atom is -0.449 e. The van der Waals surface area contributed by atoms with Crippen LogP contribution in [-0.4, -0.2) is 43.1 Å². The molecule has 2 aromatic carbocycles. The normalized spacial score (nSPS) is 17.0. The van der Waals surface area contributed by atoms with E-state index >= 15 is 0 Å². The molecule has 1 aliphatic heterocycles. The zero-order valence-corrected chi connectivity index (χ0v) is 17.6. The molecule has 34 heavy (non-hydrogen) atoms. The molecule has 1 fully saturated rings. The first-order valence-electron chi connectivity index (χ1n) is 9.79. The van der Waals surface area contributed by atoms with Crippen LogP contribution in [0.5, 0.6) is 0 Å². The maximum absolute atomic E-state index is 13.9. The number of hydrogen-bond donors (Lipinski definition) is 1. The minimum atomic E-state index is -4.56. The third-order valence-corrected chi connectivity index (χ3v) is 4.81. The Hall–Kier alpha value is -3.98. The lowest BCUT2D eigenvalue weighted by Gasteiger charge is -2.35.